The number of hydrogen-bond acceptors (Lipinski definition) is 3. The Morgan fingerprint density at radius 2 is 2.25 bits per heavy atom. The van der Waals surface area contributed by atoms with Crippen molar-refractivity contribution in [2.75, 3.05) is 7.05 Å². The van der Waals surface area contributed by atoms with E-state index in [9.17, 15) is 0 Å². The smallest absolute Gasteiger partial charge is 0.229 e. The Labute approximate surface area is 53.3 Å². The molecule has 0 rings (SSSR count). The highest BCUT2D eigenvalue weighted by Crippen LogP contribution is 1.52. The van der Waals surface area contributed by atoms with Gasteiger partial charge in [0.1, 0.15) is 0 Å². The Morgan fingerprint density at radius 3 is 2.25 bits per heavy atom. The van der Waals surface area contributed by atoms with Crippen molar-refractivity contribution in [1.82, 2.24) is 10.9 Å². The van der Waals surface area contributed by atoms with E-state index in [1.54, 1.807) is 5.48 Å². The topological polar surface area (TPSA) is 82.7 Å². The third-order valence-electron chi connectivity index (χ3n) is 0.466. The molecule has 5 N–H and O–H groups in total. The number of rotatable bonds is 0. The summed E-state index contributed by atoms with van der Waals surface area (Å²) in [6.07, 6.45) is 0. The van der Waals surface area contributed by atoms with E-state index in [0.29, 0.717) is 0 Å². The molecule has 0 heterocycles. The molecule has 0 aromatic heterocycles. The molecule has 0 aliphatic carbocycles. The van der Waals surface area contributed by atoms with E-state index in [1.807, 2.05) is 0 Å². The normalized spacial score (nSPS) is 9.62. The highest BCUT2D eigenvalue weighted by Gasteiger charge is 1.82. The maximum atomic E-state index is 8.00. The summed E-state index contributed by atoms with van der Waals surface area (Å²) in [5, 5.41) is 8.00. The highest BCUT2D eigenvalue weighted by molar-refractivity contribution is 5.85. The number of hydrazine groups is 1. The highest BCUT2D eigenvalue weighted by atomic mass is 35.5. The summed E-state index contributed by atoms with van der Waals surface area (Å²) in [4.78, 5) is 3.44. The number of nitrogens with zero attached hydrogens (tertiary/aromatic N) is 1. The lowest BCUT2D eigenvalue weighted by Gasteiger charge is -1.97. The molecule has 0 unspecified atom stereocenters. The monoisotopic (exact) mass is 140 g/mol. The van der Waals surface area contributed by atoms with Crippen molar-refractivity contribution in [3.63, 3.8) is 0 Å². The van der Waals surface area contributed by atoms with E-state index < -0.39 is 0 Å². The van der Waals surface area contributed by atoms with Crippen LogP contribution in [0.1, 0.15) is 0 Å². The number of nitrogens with one attached hydrogen (secondary N) is 2. The average Bonchev–Trinajstić information content (AvgIpc) is 1.72. The Kier molecular flexibility index (Phi) is 8.47. The zero-order valence-corrected chi connectivity index (χ0v) is 5.20. The second-order valence-electron chi connectivity index (χ2n) is 0.828. The largest absolute Gasteiger partial charge is 0.293 e. The van der Waals surface area contributed by atoms with Gasteiger partial charge in [-0.25, -0.2) is 11.3 Å². The first-order chi connectivity index (χ1) is 3.35. The van der Waals surface area contributed by atoms with Gasteiger partial charge in [-0.2, -0.15) is 0 Å². The standard InChI is InChI=1S/C2H8N4O.ClH/c1-4-2(5-3)6-7;/h7H,3H2,1H3,(H2,4,5,6);1H. The average molecular weight is 141 g/mol. The molecular weight excluding hydrogens is 132 g/mol. The lowest BCUT2D eigenvalue weighted by Crippen LogP contribution is -2.39. The molecule has 0 aromatic carbocycles. The first kappa shape index (κ1) is 10.5. The summed E-state index contributed by atoms with van der Waals surface area (Å²) in [5.41, 5.74) is 3.81. The third kappa shape index (κ3) is 3.66. The van der Waals surface area contributed by atoms with Crippen LogP contribution in [-0.2, 0) is 0 Å². The molecule has 0 spiro atoms. The molecule has 0 atom stereocenters. The van der Waals surface area contributed by atoms with Crippen LogP contribution in [0.5, 0.6) is 0 Å². The van der Waals surface area contributed by atoms with Gasteiger partial charge in [0.15, 0.2) is 0 Å². The number of nitrogens with two attached hydrogens (primary N) is 1. The molecule has 5 nitrogen and oxygen atoms in total. The van der Waals surface area contributed by atoms with E-state index >= 15 is 0 Å². The molecule has 0 saturated heterocycles. The Balaban J connectivity index is 0. The number of halogens is 1. The quantitative estimate of drug-likeness (QED) is 0.148. The van der Waals surface area contributed by atoms with E-state index in [1.165, 1.54) is 7.05 Å². The third-order valence-corrected chi connectivity index (χ3v) is 0.466. The molecule has 0 radical (unpaired) electrons. The number of hydrogen-bond donors (Lipinski definition) is 4. The summed E-state index contributed by atoms with van der Waals surface area (Å²) in [7, 11) is 1.48. The minimum atomic E-state index is 0. The molecule has 50 valence electrons. The maximum Gasteiger partial charge on any atom is 0.229 e. The van der Waals surface area contributed by atoms with Gasteiger partial charge in [0, 0.05) is 7.05 Å². The number of aliphatic imine (C=N–C) groups is 1. The molecule has 0 aliphatic rings. The molecule has 6 heteroatoms. The van der Waals surface area contributed by atoms with Crippen molar-refractivity contribution >= 4 is 18.4 Å². The van der Waals surface area contributed by atoms with Crippen molar-refractivity contribution in [3.05, 3.63) is 0 Å². The zero-order chi connectivity index (χ0) is 5.70. The van der Waals surface area contributed by atoms with Gasteiger partial charge in [0.25, 0.3) is 0 Å². The predicted molar refractivity (Wildman–Crippen MR) is 32.9 cm³/mol. The SMILES string of the molecule is CN=C(NN)NO.Cl. The van der Waals surface area contributed by atoms with Crippen LogP contribution in [-0.4, -0.2) is 18.2 Å². The summed E-state index contributed by atoms with van der Waals surface area (Å²) in [6.45, 7) is 0. The molecular formula is C2H9ClN4O. The van der Waals surface area contributed by atoms with Crippen LogP contribution in [0.15, 0.2) is 4.99 Å². The van der Waals surface area contributed by atoms with E-state index in [-0.39, 0.29) is 18.4 Å². The van der Waals surface area contributed by atoms with Crippen LogP contribution < -0.4 is 16.7 Å². The van der Waals surface area contributed by atoms with E-state index in [2.05, 4.69) is 10.4 Å². The van der Waals surface area contributed by atoms with Crippen LogP contribution in [0.4, 0.5) is 0 Å². The molecule has 8 heavy (non-hydrogen) atoms. The zero-order valence-electron chi connectivity index (χ0n) is 4.38. The van der Waals surface area contributed by atoms with Crippen LogP contribution in [0.25, 0.3) is 0 Å². The predicted octanol–water partition coefficient (Wildman–Crippen LogP) is -1.16. The molecule has 0 aromatic rings. The van der Waals surface area contributed by atoms with Crippen LogP contribution in [0.2, 0.25) is 0 Å². The Hall–Kier alpha value is -0.520. The maximum absolute atomic E-state index is 8.00. The van der Waals surface area contributed by atoms with Crippen LogP contribution in [0, 0.1) is 0 Å². The van der Waals surface area contributed by atoms with Crippen molar-refractivity contribution in [2.24, 2.45) is 10.8 Å². The lowest BCUT2D eigenvalue weighted by atomic mass is 11.0. The van der Waals surface area contributed by atoms with Gasteiger partial charge in [0.05, 0.1) is 0 Å². The summed E-state index contributed by atoms with van der Waals surface area (Å²) in [5.74, 6) is 4.93. The number of hydroxylamine groups is 1. The Bertz CT molecular complexity index is 68.4. The molecule has 0 aliphatic heterocycles. The lowest BCUT2D eigenvalue weighted by molar-refractivity contribution is 0.229. The second-order valence-corrected chi connectivity index (χ2v) is 0.828. The van der Waals surface area contributed by atoms with E-state index in [0.717, 1.165) is 0 Å². The summed E-state index contributed by atoms with van der Waals surface area (Å²) >= 11 is 0. The van der Waals surface area contributed by atoms with Gasteiger partial charge >= 0.3 is 0 Å². The van der Waals surface area contributed by atoms with Gasteiger partial charge in [0.2, 0.25) is 5.96 Å². The van der Waals surface area contributed by atoms with Gasteiger partial charge in [-0.05, 0) is 0 Å². The summed E-state index contributed by atoms with van der Waals surface area (Å²) in [6, 6.07) is 0. The van der Waals surface area contributed by atoms with Crippen molar-refractivity contribution in [1.29, 1.82) is 0 Å². The van der Waals surface area contributed by atoms with Crippen molar-refractivity contribution in [2.45, 2.75) is 0 Å². The van der Waals surface area contributed by atoms with Crippen molar-refractivity contribution < 1.29 is 5.21 Å². The van der Waals surface area contributed by atoms with Crippen LogP contribution in [0.3, 0.4) is 0 Å². The van der Waals surface area contributed by atoms with E-state index in [4.69, 9.17) is 11.0 Å². The summed E-state index contributed by atoms with van der Waals surface area (Å²) < 4.78 is 0. The fourth-order valence-electron chi connectivity index (χ4n) is 0.147. The first-order valence-electron chi connectivity index (χ1n) is 1.68. The number of guanidine groups is 1. The molecule has 0 bridgehead atoms. The minimum absolute atomic E-state index is 0. The fraction of sp³-hybridized carbons (Fsp3) is 0.500. The molecule has 0 amide bonds. The van der Waals surface area contributed by atoms with Crippen molar-refractivity contribution in [3.8, 4) is 0 Å². The molecule has 0 saturated carbocycles. The minimum Gasteiger partial charge on any atom is -0.293 e. The first-order valence-corrected chi connectivity index (χ1v) is 1.68. The van der Waals surface area contributed by atoms with Gasteiger partial charge in [-0.1, -0.05) is 0 Å². The van der Waals surface area contributed by atoms with Gasteiger partial charge in [-0.3, -0.25) is 15.6 Å². The second kappa shape index (κ2) is 6.48. The van der Waals surface area contributed by atoms with Crippen LogP contribution >= 0.6 is 12.4 Å². The Morgan fingerprint density at radius 1 is 1.75 bits per heavy atom. The van der Waals surface area contributed by atoms with Gasteiger partial charge in [-0.15, -0.1) is 12.4 Å². The fourth-order valence-corrected chi connectivity index (χ4v) is 0.147. The van der Waals surface area contributed by atoms with Gasteiger partial charge < -0.3 is 0 Å². The molecule has 0 fully saturated rings.